The highest BCUT2D eigenvalue weighted by Crippen LogP contribution is 2.15. The van der Waals surface area contributed by atoms with Gasteiger partial charge in [0.2, 0.25) is 0 Å². The van der Waals surface area contributed by atoms with Crippen LogP contribution >= 0.6 is 0 Å². The van der Waals surface area contributed by atoms with Crippen LogP contribution in [-0.4, -0.2) is 53.4 Å². The molecule has 0 rings (SSSR count). The maximum Gasteiger partial charge on any atom is 0.431 e. The number of hydrogen-bond donors (Lipinski definition) is 1. The molecule has 1 unspecified atom stereocenters. The van der Waals surface area contributed by atoms with Gasteiger partial charge in [0.1, 0.15) is 0 Å². The zero-order chi connectivity index (χ0) is 11.8. The molecule has 0 aromatic rings. The van der Waals surface area contributed by atoms with Gasteiger partial charge in [-0.1, -0.05) is 6.92 Å². The normalized spacial score (nSPS) is 12.9. The molecule has 6 nitrogen and oxygen atoms in total. The second kappa shape index (κ2) is 7.63. The van der Waals surface area contributed by atoms with Gasteiger partial charge in [0.05, 0.1) is 6.61 Å². The molecular formula is C8H19NO5Si. The molecule has 90 valence electrons. The van der Waals surface area contributed by atoms with Gasteiger partial charge in [0, 0.05) is 21.3 Å². The van der Waals surface area contributed by atoms with E-state index in [1.807, 2.05) is 6.92 Å². The van der Waals surface area contributed by atoms with Gasteiger partial charge in [-0.3, -0.25) is 4.84 Å². The van der Waals surface area contributed by atoms with Crippen molar-refractivity contribution in [2.45, 2.75) is 18.9 Å². The van der Waals surface area contributed by atoms with Gasteiger partial charge in [-0.25, -0.2) is 4.79 Å². The van der Waals surface area contributed by atoms with Crippen molar-refractivity contribution < 1.29 is 23.6 Å². The Bertz CT molecular complexity index is 188. The summed E-state index contributed by atoms with van der Waals surface area (Å²) in [6, 6.07) is 0. The van der Waals surface area contributed by atoms with Crippen LogP contribution in [0, 0.1) is 0 Å². The molecule has 0 saturated carbocycles. The molecule has 0 aromatic heterocycles. The summed E-state index contributed by atoms with van der Waals surface area (Å²) in [5.41, 5.74) is 0.280. The first-order valence-corrected chi connectivity index (χ1v) is 6.29. The number of carboxylic acid groups (broad SMARTS) is 1. The Morgan fingerprint density at radius 2 is 2.00 bits per heavy atom. The third-order valence-corrected chi connectivity index (χ3v) is 4.25. The fraction of sp³-hybridized carbons (Fsp3) is 0.875. The van der Waals surface area contributed by atoms with E-state index in [0.29, 0.717) is 6.61 Å². The lowest BCUT2D eigenvalue weighted by Crippen LogP contribution is -2.28. The molecule has 0 spiro atoms. The average Bonchev–Trinajstić information content (AvgIpc) is 2.19. The minimum atomic E-state index is -1.62. The van der Waals surface area contributed by atoms with Crippen molar-refractivity contribution in [1.29, 1.82) is 0 Å². The van der Waals surface area contributed by atoms with Crippen molar-refractivity contribution in [3.8, 4) is 0 Å². The lowest BCUT2D eigenvalue weighted by molar-refractivity contribution is -0.113. The molecule has 0 aliphatic rings. The van der Waals surface area contributed by atoms with E-state index < -0.39 is 15.4 Å². The minimum absolute atomic E-state index is 0.280. The fourth-order valence-electron chi connectivity index (χ4n) is 1.13. The molecule has 1 N–H and O–H groups in total. The summed E-state index contributed by atoms with van der Waals surface area (Å²) < 4.78 is 10.4. The van der Waals surface area contributed by atoms with Crippen LogP contribution in [0.5, 0.6) is 0 Å². The van der Waals surface area contributed by atoms with Crippen molar-refractivity contribution in [2.24, 2.45) is 0 Å². The van der Waals surface area contributed by atoms with Crippen LogP contribution in [0.25, 0.3) is 0 Å². The Morgan fingerprint density at radius 1 is 1.47 bits per heavy atom. The highest BCUT2D eigenvalue weighted by Gasteiger charge is 2.19. The molecular weight excluding hydrogens is 218 g/mol. The molecule has 0 heterocycles. The number of rotatable bonds is 7. The number of amides is 1. The Labute approximate surface area is 91.5 Å². The largest absolute Gasteiger partial charge is 0.463 e. The smallest absolute Gasteiger partial charge is 0.431 e. The Balaban J connectivity index is 3.71. The maximum atomic E-state index is 10.4. The minimum Gasteiger partial charge on any atom is -0.463 e. The Kier molecular flexibility index (Phi) is 7.31. The molecule has 0 fully saturated rings. The van der Waals surface area contributed by atoms with Crippen LogP contribution in [0.1, 0.15) is 13.3 Å². The highest BCUT2D eigenvalue weighted by molar-refractivity contribution is 6.46. The first-order chi connectivity index (χ1) is 7.02. The van der Waals surface area contributed by atoms with E-state index in [4.69, 9.17) is 18.8 Å². The topological polar surface area (TPSA) is 68.2 Å². The molecule has 0 radical (unpaired) electrons. The lowest BCUT2D eigenvalue weighted by atomic mass is 10.3. The molecule has 0 aromatic carbocycles. The third kappa shape index (κ3) is 5.73. The van der Waals surface area contributed by atoms with Crippen molar-refractivity contribution >= 4 is 15.4 Å². The molecule has 7 heteroatoms. The van der Waals surface area contributed by atoms with E-state index in [9.17, 15) is 4.79 Å². The number of carbonyl (C=O) groups is 1. The van der Waals surface area contributed by atoms with Crippen LogP contribution in [0.15, 0.2) is 0 Å². The van der Waals surface area contributed by atoms with Crippen molar-refractivity contribution in [2.75, 3.05) is 27.9 Å². The fourth-order valence-corrected chi connectivity index (χ4v) is 2.66. The van der Waals surface area contributed by atoms with Crippen molar-refractivity contribution in [3.05, 3.63) is 0 Å². The first kappa shape index (κ1) is 14.4. The molecule has 0 bridgehead atoms. The maximum absolute atomic E-state index is 10.4. The van der Waals surface area contributed by atoms with Crippen LogP contribution in [0.2, 0.25) is 5.54 Å². The number of hydroxylamine groups is 2. The molecule has 15 heavy (non-hydrogen) atoms. The van der Waals surface area contributed by atoms with Gasteiger partial charge in [-0.15, -0.1) is 0 Å². The van der Waals surface area contributed by atoms with Crippen LogP contribution < -0.4 is 0 Å². The second-order valence-electron chi connectivity index (χ2n) is 3.22. The van der Waals surface area contributed by atoms with E-state index in [1.54, 1.807) is 14.2 Å². The van der Waals surface area contributed by atoms with E-state index in [-0.39, 0.29) is 5.54 Å². The van der Waals surface area contributed by atoms with E-state index in [0.717, 1.165) is 11.5 Å². The van der Waals surface area contributed by atoms with Crippen LogP contribution in [0.4, 0.5) is 4.79 Å². The third-order valence-electron chi connectivity index (χ3n) is 2.06. The zero-order valence-corrected chi connectivity index (χ0v) is 10.8. The molecule has 1 amide bonds. The SMILES string of the molecule is CO[SiH](OC)C(C)CCON(C)C(=O)O. The molecule has 0 saturated heterocycles. The monoisotopic (exact) mass is 237 g/mol. The average molecular weight is 237 g/mol. The summed E-state index contributed by atoms with van der Waals surface area (Å²) in [7, 11) is 2.99. The van der Waals surface area contributed by atoms with Crippen molar-refractivity contribution in [3.63, 3.8) is 0 Å². The summed E-state index contributed by atoms with van der Waals surface area (Å²) in [5.74, 6) is 0. The predicted octanol–water partition coefficient (Wildman–Crippen LogP) is 0.821. The second-order valence-corrected chi connectivity index (χ2v) is 6.04. The van der Waals surface area contributed by atoms with Crippen LogP contribution in [0.3, 0.4) is 0 Å². The van der Waals surface area contributed by atoms with E-state index in [2.05, 4.69) is 0 Å². The Morgan fingerprint density at radius 3 is 2.40 bits per heavy atom. The summed E-state index contributed by atoms with van der Waals surface area (Å²) >= 11 is 0. The summed E-state index contributed by atoms with van der Waals surface area (Å²) in [5, 5.41) is 9.30. The van der Waals surface area contributed by atoms with E-state index >= 15 is 0 Å². The summed E-state index contributed by atoms with van der Waals surface area (Å²) in [6.07, 6.45) is -0.383. The lowest BCUT2D eigenvalue weighted by Gasteiger charge is -2.19. The van der Waals surface area contributed by atoms with Gasteiger partial charge in [-0.2, -0.15) is 5.06 Å². The molecule has 0 aliphatic heterocycles. The quantitative estimate of drug-likeness (QED) is 0.524. The van der Waals surface area contributed by atoms with Gasteiger partial charge >= 0.3 is 15.4 Å². The van der Waals surface area contributed by atoms with E-state index in [1.165, 1.54) is 7.05 Å². The number of nitrogens with zero attached hydrogens (tertiary/aromatic N) is 1. The highest BCUT2D eigenvalue weighted by atomic mass is 28.3. The first-order valence-electron chi connectivity index (χ1n) is 4.68. The Hall–Kier alpha value is -0.633. The van der Waals surface area contributed by atoms with Gasteiger partial charge < -0.3 is 14.0 Å². The predicted molar refractivity (Wildman–Crippen MR) is 56.9 cm³/mol. The molecule has 1 atom stereocenters. The van der Waals surface area contributed by atoms with Gasteiger partial charge in [0.25, 0.3) is 0 Å². The van der Waals surface area contributed by atoms with Gasteiger partial charge in [-0.05, 0) is 12.0 Å². The van der Waals surface area contributed by atoms with Gasteiger partial charge in [0.15, 0.2) is 0 Å². The van der Waals surface area contributed by atoms with Crippen molar-refractivity contribution in [1.82, 2.24) is 5.06 Å². The zero-order valence-electron chi connectivity index (χ0n) is 9.60. The van der Waals surface area contributed by atoms with Crippen LogP contribution in [-0.2, 0) is 13.7 Å². The molecule has 0 aliphatic carbocycles. The summed E-state index contributed by atoms with van der Waals surface area (Å²) in [6.45, 7) is 2.36. The standard InChI is InChI=1S/C8H19NO5Si/c1-7(15(12-3)13-4)5-6-14-9(2)8(10)11/h7,15H,5-6H2,1-4H3,(H,10,11). The number of hydrogen-bond acceptors (Lipinski definition) is 4. The summed E-state index contributed by atoms with van der Waals surface area (Å²) in [4.78, 5) is 15.3.